The maximum Gasteiger partial charge on any atom is 0.219 e. The molecule has 1 heterocycles. The first-order valence-electron chi connectivity index (χ1n) is 7.72. The van der Waals surface area contributed by atoms with Crippen LogP contribution in [-0.2, 0) is 4.79 Å². The molecule has 1 N–H and O–H groups in total. The van der Waals surface area contributed by atoms with Crippen LogP contribution in [0.4, 0.5) is 5.69 Å². The Bertz CT molecular complexity index is 433. The molecule has 1 aromatic rings. The summed E-state index contributed by atoms with van der Waals surface area (Å²) < 4.78 is 0. The fourth-order valence-corrected chi connectivity index (χ4v) is 2.72. The summed E-state index contributed by atoms with van der Waals surface area (Å²) in [5.74, 6) is 0.823. The highest BCUT2D eigenvalue weighted by Crippen LogP contribution is 2.22. The zero-order chi connectivity index (χ0) is 14.5. The molecule has 1 amide bonds. The Morgan fingerprint density at radius 2 is 1.90 bits per heavy atom. The molecule has 3 nitrogen and oxygen atoms in total. The van der Waals surface area contributed by atoms with Crippen LogP contribution in [0.3, 0.4) is 0 Å². The molecular weight excluding hydrogens is 248 g/mol. The Morgan fingerprint density at radius 3 is 2.40 bits per heavy atom. The van der Waals surface area contributed by atoms with Gasteiger partial charge < -0.3 is 10.2 Å². The molecule has 1 unspecified atom stereocenters. The zero-order valence-corrected chi connectivity index (χ0v) is 12.9. The highest BCUT2D eigenvalue weighted by Gasteiger charge is 2.20. The first-order valence-corrected chi connectivity index (χ1v) is 7.72. The van der Waals surface area contributed by atoms with Gasteiger partial charge in [0, 0.05) is 31.7 Å². The second kappa shape index (κ2) is 6.78. The van der Waals surface area contributed by atoms with Gasteiger partial charge in [-0.25, -0.2) is 0 Å². The topological polar surface area (TPSA) is 32.3 Å². The van der Waals surface area contributed by atoms with Crippen molar-refractivity contribution < 1.29 is 4.79 Å². The lowest BCUT2D eigenvalue weighted by Crippen LogP contribution is -2.41. The predicted molar refractivity (Wildman–Crippen MR) is 84.0 cm³/mol. The summed E-state index contributed by atoms with van der Waals surface area (Å²) in [5, 5.41) is 3.59. The van der Waals surface area contributed by atoms with E-state index >= 15 is 0 Å². The number of anilines is 1. The van der Waals surface area contributed by atoms with Gasteiger partial charge in [0.25, 0.3) is 0 Å². The zero-order valence-electron chi connectivity index (χ0n) is 12.9. The van der Waals surface area contributed by atoms with E-state index < -0.39 is 0 Å². The summed E-state index contributed by atoms with van der Waals surface area (Å²) in [4.78, 5) is 13.2. The Labute approximate surface area is 122 Å². The van der Waals surface area contributed by atoms with Crippen molar-refractivity contribution in [1.29, 1.82) is 0 Å². The molecule has 0 aliphatic carbocycles. The van der Waals surface area contributed by atoms with Crippen LogP contribution in [0.1, 0.15) is 51.5 Å². The second-order valence-corrected chi connectivity index (χ2v) is 5.86. The smallest absolute Gasteiger partial charge is 0.219 e. The third-order valence-electron chi connectivity index (χ3n) is 4.40. The number of hydrogen-bond donors (Lipinski definition) is 1. The third-order valence-corrected chi connectivity index (χ3v) is 4.40. The fraction of sp³-hybridized carbons (Fsp3) is 0.588. The van der Waals surface area contributed by atoms with Gasteiger partial charge in [-0.05, 0) is 42.9 Å². The lowest BCUT2D eigenvalue weighted by Gasteiger charge is -2.32. The molecule has 1 aliphatic rings. The van der Waals surface area contributed by atoms with E-state index in [1.807, 2.05) is 4.90 Å². The standard InChI is InChI=1S/C17H26N2O/c1-4-13(2)15-5-7-16(8-6-15)18-17-9-11-19(12-10-17)14(3)20/h5-8,13,17-18H,4,9-12H2,1-3H3. The second-order valence-electron chi connectivity index (χ2n) is 5.86. The molecule has 0 saturated carbocycles. The number of carbonyl (C=O) groups is 1. The first-order chi connectivity index (χ1) is 9.60. The van der Waals surface area contributed by atoms with Gasteiger partial charge in [-0.15, -0.1) is 0 Å². The molecule has 3 heteroatoms. The predicted octanol–water partition coefficient (Wildman–Crippen LogP) is 3.62. The molecule has 1 fully saturated rings. The van der Waals surface area contributed by atoms with Gasteiger partial charge in [0.05, 0.1) is 0 Å². The van der Waals surface area contributed by atoms with Gasteiger partial charge in [0.15, 0.2) is 0 Å². The van der Waals surface area contributed by atoms with Crippen LogP contribution in [0.15, 0.2) is 24.3 Å². The molecule has 0 radical (unpaired) electrons. The third kappa shape index (κ3) is 3.75. The number of nitrogens with zero attached hydrogens (tertiary/aromatic N) is 1. The molecule has 0 bridgehead atoms. The van der Waals surface area contributed by atoms with E-state index in [0.29, 0.717) is 12.0 Å². The average Bonchev–Trinajstić information content (AvgIpc) is 2.48. The van der Waals surface area contributed by atoms with Crippen molar-refractivity contribution in [3.05, 3.63) is 29.8 Å². The van der Waals surface area contributed by atoms with E-state index in [2.05, 4.69) is 43.4 Å². The number of hydrogen-bond acceptors (Lipinski definition) is 2. The van der Waals surface area contributed by atoms with Crippen molar-refractivity contribution in [2.45, 2.75) is 52.0 Å². The first kappa shape index (κ1) is 14.9. The minimum atomic E-state index is 0.196. The summed E-state index contributed by atoms with van der Waals surface area (Å²) in [6.07, 6.45) is 3.25. The Kier molecular flexibility index (Phi) is 5.05. The number of nitrogens with one attached hydrogen (secondary N) is 1. The van der Waals surface area contributed by atoms with Crippen LogP contribution in [0, 0.1) is 0 Å². The van der Waals surface area contributed by atoms with Crippen LogP contribution >= 0.6 is 0 Å². The lowest BCUT2D eigenvalue weighted by atomic mass is 9.98. The Balaban J connectivity index is 1.87. The molecule has 1 aliphatic heterocycles. The minimum Gasteiger partial charge on any atom is -0.382 e. The van der Waals surface area contributed by atoms with Crippen molar-refractivity contribution in [3.8, 4) is 0 Å². The number of carbonyl (C=O) groups excluding carboxylic acids is 1. The molecule has 20 heavy (non-hydrogen) atoms. The van der Waals surface area contributed by atoms with E-state index in [-0.39, 0.29) is 5.91 Å². The Morgan fingerprint density at radius 1 is 1.30 bits per heavy atom. The summed E-state index contributed by atoms with van der Waals surface area (Å²) in [7, 11) is 0. The van der Waals surface area contributed by atoms with Gasteiger partial charge in [0.1, 0.15) is 0 Å². The van der Waals surface area contributed by atoms with Crippen molar-refractivity contribution in [2.75, 3.05) is 18.4 Å². The molecule has 1 atom stereocenters. The van der Waals surface area contributed by atoms with Gasteiger partial charge in [-0.3, -0.25) is 4.79 Å². The number of likely N-dealkylation sites (tertiary alicyclic amines) is 1. The monoisotopic (exact) mass is 274 g/mol. The average molecular weight is 274 g/mol. The van der Waals surface area contributed by atoms with E-state index in [1.54, 1.807) is 6.92 Å². The molecule has 1 aromatic carbocycles. The molecule has 1 saturated heterocycles. The van der Waals surface area contributed by atoms with E-state index in [9.17, 15) is 4.79 Å². The summed E-state index contributed by atoms with van der Waals surface area (Å²) in [6.45, 7) is 7.89. The van der Waals surface area contributed by atoms with Crippen LogP contribution in [0.2, 0.25) is 0 Å². The van der Waals surface area contributed by atoms with Crippen LogP contribution < -0.4 is 5.32 Å². The highest BCUT2D eigenvalue weighted by atomic mass is 16.2. The van der Waals surface area contributed by atoms with Crippen LogP contribution in [0.5, 0.6) is 0 Å². The number of piperidine rings is 1. The molecule has 2 rings (SSSR count). The maximum absolute atomic E-state index is 11.3. The van der Waals surface area contributed by atoms with Gasteiger partial charge >= 0.3 is 0 Å². The van der Waals surface area contributed by atoms with Gasteiger partial charge in [-0.2, -0.15) is 0 Å². The lowest BCUT2D eigenvalue weighted by molar-refractivity contribution is -0.129. The normalized spacial score (nSPS) is 17.9. The highest BCUT2D eigenvalue weighted by molar-refractivity contribution is 5.73. The quantitative estimate of drug-likeness (QED) is 0.909. The molecule has 0 aromatic heterocycles. The maximum atomic E-state index is 11.3. The van der Waals surface area contributed by atoms with Crippen molar-refractivity contribution >= 4 is 11.6 Å². The summed E-state index contributed by atoms with van der Waals surface area (Å²) in [5.41, 5.74) is 2.60. The van der Waals surface area contributed by atoms with Crippen molar-refractivity contribution in [2.24, 2.45) is 0 Å². The van der Waals surface area contributed by atoms with Crippen molar-refractivity contribution in [1.82, 2.24) is 4.90 Å². The molecular formula is C17H26N2O. The number of amides is 1. The SMILES string of the molecule is CCC(C)c1ccc(NC2CCN(C(C)=O)CC2)cc1. The Hall–Kier alpha value is -1.51. The van der Waals surface area contributed by atoms with E-state index in [1.165, 1.54) is 17.7 Å². The minimum absolute atomic E-state index is 0.196. The molecule has 110 valence electrons. The van der Waals surface area contributed by atoms with E-state index in [0.717, 1.165) is 25.9 Å². The largest absolute Gasteiger partial charge is 0.382 e. The number of rotatable bonds is 4. The summed E-state index contributed by atoms with van der Waals surface area (Å²) in [6, 6.07) is 9.29. The summed E-state index contributed by atoms with van der Waals surface area (Å²) >= 11 is 0. The van der Waals surface area contributed by atoms with E-state index in [4.69, 9.17) is 0 Å². The molecule has 0 spiro atoms. The fourth-order valence-electron chi connectivity index (χ4n) is 2.72. The van der Waals surface area contributed by atoms with Crippen LogP contribution in [-0.4, -0.2) is 29.9 Å². The number of benzene rings is 1. The van der Waals surface area contributed by atoms with Crippen molar-refractivity contribution in [3.63, 3.8) is 0 Å². The van der Waals surface area contributed by atoms with Crippen LogP contribution in [0.25, 0.3) is 0 Å². The van der Waals surface area contributed by atoms with Gasteiger partial charge in [0.2, 0.25) is 5.91 Å². The van der Waals surface area contributed by atoms with Gasteiger partial charge in [-0.1, -0.05) is 26.0 Å².